The lowest BCUT2D eigenvalue weighted by Gasteiger charge is -2.34. The normalized spacial score (nSPS) is 17.2. The molecule has 1 aromatic rings. The molecule has 1 fully saturated rings. The summed E-state index contributed by atoms with van der Waals surface area (Å²) >= 11 is 1.80. The first kappa shape index (κ1) is 13.8. The van der Waals surface area contributed by atoms with Crippen molar-refractivity contribution in [3.05, 3.63) is 23.8 Å². The van der Waals surface area contributed by atoms with E-state index in [1.54, 1.807) is 11.8 Å². The average Bonchev–Trinajstić information content (AvgIpc) is 2.46. The van der Waals surface area contributed by atoms with Crippen LogP contribution < -0.4 is 10.6 Å². The first-order chi connectivity index (χ1) is 8.80. The molecule has 18 heavy (non-hydrogen) atoms. The van der Waals surface area contributed by atoms with Crippen LogP contribution in [0.15, 0.2) is 23.1 Å². The van der Waals surface area contributed by atoms with Gasteiger partial charge in [-0.25, -0.2) is 0 Å². The molecule has 0 radical (unpaired) electrons. The van der Waals surface area contributed by atoms with E-state index in [-0.39, 0.29) is 0 Å². The minimum Gasteiger partial charge on any atom is -0.371 e. The summed E-state index contributed by atoms with van der Waals surface area (Å²) in [4.78, 5) is 3.85. The summed E-state index contributed by atoms with van der Waals surface area (Å²) in [5.74, 6) is 0.923. The second-order valence-corrected chi connectivity index (χ2v) is 5.85. The highest BCUT2D eigenvalue weighted by atomic mass is 32.2. The van der Waals surface area contributed by atoms with Crippen LogP contribution in [0.25, 0.3) is 0 Å². The molecule has 2 rings (SSSR count). The Morgan fingerprint density at radius 2 is 2.06 bits per heavy atom. The van der Waals surface area contributed by atoms with E-state index in [4.69, 9.17) is 5.73 Å². The highest BCUT2D eigenvalue weighted by Crippen LogP contribution is 2.32. The number of benzene rings is 1. The molecule has 0 aromatic heterocycles. The van der Waals surface area contributed by atoms with Crippen LogP contribution >= 0.6 is 11.8 Å². The summed E-state index contributed by atoms with van der Waals surface area (Å²) in [7, 11) is 0. The molecule has 0 aliphatic carbocycles. The lowest BCUT2D eigenvalue weighted by atomic mass is 9.94. The molecule has 0 amide bonds. The van der Waals surface area contributed by atoms with Crippen LogP contribution in [0.1, 0.15) is 31.7 Å². The maximum atomic E-state index is 5.95. The number of thioether (sulfide) groups is 1. The molecule has 2 nitrogen and oxygen atoms in total. The predicted molar refractivity (Wildman–Crippen MR) is 81.3 cm³/mol. The molecule has 1 saturated heterocycles. The van der Waals surface area contributed by atoms with E-state index < -0.39 is 0 Å². The molecule has 2 N–H and O–H groups in total. The average molecular weight is 264 g/mol. The van der Waals surface area contributed by atoms with Gasteiger partial charge in [-0.1, -0.05) is 19.4 Å². The van der Waals surface area contributed by atoms with Crippen molar-refractivity contribution in [1.82, 2.24) is 0 Å². The monoisotopic (exact) mass is 264 g/mol. The van der Waals surface area contributed by atoms with E-state index in [9.17, 15) is 0 Å². The van der Waals surface area contributed by atoms with Crippen LogP contribution in [0.2, 0.25) is 0 Å². The van der Waals surface area contributed by atoms with E-state index in [2.05, 4.69) is 36.3 Å². The van der Waals surface area contributed by atoms with Gasteiger partial charge < -0.3 is 10.6 Å². The summed E-state index contributed by atoms with van der Waals surface area (Å²) < 4.78 is 0. The van der Waals surface area contributed by atoms with Crippen molar-refractivity contribution >= 4 is 17.4 Å². The maximum Gasteiger partial charge on any atom is 0.0423 e. The SMILES string of the molecule is CCC1CCN(c2cccc(SC)c2CN)CC1. The Balaban J connectivity index is 2.18. The number of hydrogen-bond donors (Lipinski definition) is 1. The van der Waals surface area contributed by atoms with Gasteiger partial charge in [0.1, 0.15) is 0 Å². The summed E-state index contributed by atoms with van der Waals surface area (Å²) in [5.41, 5.74) is 8.63. The van der Waals surface area contributed by atoms with Gasteiger partial charge in [0.15, 0.2) is 0 Å². The van der Waals surface area contributed by atoms with Gasteiger partial charge in [-0.05, 0) is 37.1 Å². The zero-order chi connectivity index (χ0) is 13.0. The van der Waals surface area contributed by atoms with Gasteiger partial charge in [0.2, 0.25) is 0 Å². The third kappa shape index (κ3) is 2.83. The quantitative estimate of drug-likeness (QED) is 0.844. The largest absolute Gasteiger partial charge is 0.371 e. The summed E-state index contributed by atoms with van der Waals surface area (Å²) in [5, 5.41) is 0. The molecule has 100 valence electrons. The van der Waals surface area contributed by atoms with Gasteiger partial charge in [0.05, 0.1) is 0 Å². The van der Waals surface area contributed by atoms with Gasteiger partial charge >= 0.3 is 0 Å². The van der Waals surface area contributed by atoms with Crippen molar-refractivity contribution in [2.45, 2.75) is 37.6 Å². The van der Waals surface area contributed by atoms with E-state index in [1.165, 1.54) is 48.5 Å². The Hall–Kier alpha value is -0.670. The van der Waals surface area contributed by atoms with E-state index in [0.29, 0.717) is 6.54 Å². The van der Waals surface area contributed by atoms with Gasteiger partial charge in [0.25, 0.3) is 0 Å². The lowest BCUT2D eigenvalue weighted by molar-refractivity contribution is 0.394. The van der Waals surface area contributed by atoms with Gasteiger partial charge in [-0.3, -0.25) is 0 Å². The fraction of sp³-hybridized carbons (Fsp3) is 0.600. The summed E-state index contributed by atoms with van der Waals surface area (Å²) in [6, 6.07) is 6.57. The fourth-order valence-corrected chi connectivity index (χ4v) is 3.48. The molecular weight excluding hydrogens is 240 g/mol. The van der Waals surface area contributed by atoms with Crippen LogP contribution in [-0.2, 0) is 6.54 Å². The van der Waals surface area contributed by atoms with Crippen molar-refractivity contribution in [1.29, 1.82) is 0 Å². The topological polar surface area (TPSA) is 29.3 Å². The van der Waals surface area contributed by atoms with Crippen molar-refractivity contribution in [3.63, 3.8) is 0 Å². The number of nitrogens with two attached hydrogens (primary N) is 1. The van der Waals surface area contributed by atoms with Crippen molar-refractivity contribution in [2.75, 3.05) is 24.2 Å². The van der Waals surface area contributed by atoms with E-state index in [1.807, 2.05) is 0 Å². The van der Waals surface area contributed by atoms with Gasteiger partial charge in [-0.2, -0.15) is 0 Å². The first-order valence-electron chi connectivity index (χ1n) is 6.91. The molecule has 1 aromatic carbocycles. The standard InChI is InChI=1S/C15H24N2S/c1-3-12-7-9-17(10-8-12)14-5-4-6-15(18-2)13(14)11-16/h4-6,12H,3,7-11,16H2,1-2H3. The molecule has 0 unspecified atom stereocenters. The lowest BCUT2D eigenvalue weighted by Crippen LogP contribution is -2.34. The molecule has 1 aliphatic heterocycles. The molecule has 0 bridgehead atoms. The van der Waals surface area contributed by atoms with Crippen LogP contribution in [0.3, 0.4) is 0 Å². The molecule has 0 atom stereocenters. The Morgan fingerprint density at radius 1 is 1.33 bits per heavy atom. The number of piperidine rings is 1. The molecule has 0 saturated carbocycles. The number of nitrogens with zero attached hydrogens (tertiary/aromatic N) is 1. The Morgan fingerprint density at radius 3 is 2.61 bits per heavy atom. The van der Waals surface area contributed by atoms with Crippen molar-refractivity contribution < 1.29 is 0 Å². The van der Waals surface area contributed by atoms with E-state index in [0.717, 1.165) is 5.92 Å². The molecular formula is C15H24N2S. The highest BCUT2D eigenvalue weighted by molar-refractivity contribution is 7.98. The first-order valence-corrected chi connectivity index (χ1v) is 8.13. The second kappa shape index (κ2) is 6.48. The van der Waals surface area contributed by atoms with Crippen molar-refractivity contribution in [3.8, 4) is 0 Å². The molecule has 0 spiro atoms. The maximum absolute atomic E-state index is 5.95. The Bertz CT molecular complexity index is 384. The van der Waals surface area contributed by atoms with Crippen LogP contribution in [-0.4, -0.2) is 19.3 Å². The number of hydrogen-bond acceptors (Lipinski definition) is 3. The molecule has 1 aliphatic rings. The van der Waals surface area contributed by atoms with Crippen molar-refractivity contribution in [2.24, 2.45) is 11.7 Å². The minimum atomic E-state index is 0.639. The predicted octanol–water partition coefficient (Wildman–Crippen LogP) is 3.49. The zero-order valence-corrected chi connectivity index (χ0v) is 12.3. The number of rotatable bonds is 4. The zero-order valence-electron chi connectivity index (χ0n) is 11.5. The van der Waals surface area contributed by atoms with Crippen LogP contribution in [0, 0.1) is 5.92 Å². The Labute approximate surface area is 115 Å². The van der Waals surface area contributed by atoms with Gasteiger partial charge in [0, 0.05) is 35.8 Å². The van der Waals surface area contributed by atoms with E-state index >= 15 is 0 Å². The summed E-state index contributed by atoms with van der Waals surface area (Å²) in [6.07, 6.45) is 6.10. The third-order valence-corrected chi connectivity index (χ3v) is 4.89. The number of anilines is 1. The van der Waals surface area contributed by atoms with Crippen LogP contribution in [0.4, 0.5) is 5.69 Å². The minimum absolute atomic E-state index is 0.639. The highest BCUT2D eigenvalue weighted by Gasteiger charge is 2.20. The summed E-state index contributed by atoms with van der Waals surface area (Å²) in [6.45, 7) is 5.31. The Kier molecular flexibility index (Phi) is 4.95. The van der Waals surface area contributed by atoms with Gasteiger partial charge in [-0.15, -0.1) is 11.8 Å². The third-order valence-electron chi connectivity index (χ3n) is 4.06. The fourth-order valence-electron chi connectivity index (χ4n) is 2.83. The second-order valence-electron chi connectivity index (χ2n) is 5.00. The molecule has 1 heterocycles. The van der Waals surface area contributed by atoms with Crippen LogP contribution in [0.5, 0.6) is 0 Å². The molecule has 3 heteroatoms. The smallest absolute Gasteiger partial charge is 0.0423 e.